The zero-order valence-electron chi connectivity index (χ0n) is 16.5. The summed E-state index contributed by atoms with van der Waals surface area (Å²) in [5, 5.41) is 9.55. The van der Waals surface area contributed by atoms with Crippen LogP contribution >= 0.6 is 11.3 Å². The minimum Gasteiger partial charge on any atom is -0.464 e. The Balaban J connectivity index is 1.63. The number of alkyl halides is 2. The van der Waals surface area contributed by atoms with Crippen LogP contribution in [0.5, 0.6) is 0 Å². The second-order valence-electron chi connectivity index (χ2n) is 6.82. The molecule has 0 aliphatic rings. The molecular formula is C21H13F2N5O4S. The molecule has 5 rings (SSSR count). The van der Waals surface area contributed by atoms with Gasteiger partial charge >= 0.3 is 0 Å². The number of pyridine rings is 1. The Morgan fingerprint density at radius 2 is 1.85 bits per heavy atom. The molecule has 5 aromatic rings. The van der Waals surface area contributed by atoms with Crippen molar-refractivity contribution < 1.29 is 27.2 Å². The van der Waals surface area contributed by atoms with Gasteiger partial charge in [0.25, 0.3) is 18.2 Å². The van der Waals surface area contributed by atoms with Crippen LogP contribution in [0.1, 0.15) is 32.3 Å². The van der Waals surface area contributed by atoms with E-state index in [1.54, 1.807) is 24.3 Å². The predicted octanol–water partition coefficient (Wildman–Crippen LogP) is 4.83. The second kappa shape index (κ2) is 7.98. The lowest BCUT2D eigenvalue weighted by Crippen LogP contribution is -2.17. The molecule has 166 valence electrons. The third kappa shape index (κ3) is 3.65. The number of aromatic nitrogens is 3. The highest BCUT2D eigenvalue weighted by atomic mass is 32.1. The molecule has 0 saturated carbocycles. The Morgan fingerprint density at radius 3 is 2.48 bits per heavy atom. The molecular weight excluding hydrogens is 456 g/mol. The first-order valence-corrected chi connectivity index (χ1v) is 10.2. The summed E-state index contributed by atoms with van der Waals surface area (Å²) < 4.78 is 37.6. The van der Waals surface area contributed by atoms with Gasteiger partial charge in [0.2, 0.25) is 0 Å². The maximum Gasteiger partial charge on any atom is 0.280 e. The van der Waals surface area contributed by atoms with Crippen LogP contribution in [-0.4, -0.2) is 27.0 Å². The molecule has 33 heavy (non-hydrogen) atoms. The maximum atomic E-state index is 13.5. The molecule has 0 aliphatic carbocycles. The van der Waals surface area contributed by atoms with Crippen molar-refractivity contribution in [1.82, 2.24) is 15.2 Å². The van der Waals surface area contributed by atoms with Crippen molar-refractivity contribution in [2.24, 2.45) is 5.73 Å². The van der Waals surface area contributed by atoms with Crippen LogP contribution in [0, 0.1) is 0 Å². The van der Waals surface area contributed by atoms with Crippen LogP contribution in [0.15, 0.2) is 57.8 Å². The highest BCUT2D eigenvalue weighted by Gasteiger charge is 2.26. The maximum absolute atomic E-state index is 13.5. The lowest BCUT2D eigenvalue weighted by Gasteiger charge is -2.08. The summed E-state index contributed by atoms with van der Waals surface area (Å²) >= 11 is 0.797. The Hall–Kier alpha value is -4.32. The van der Waals surface area contributed by atoms with Crippen molar-refractivity contribution in [3.63, 3.8) is 0 Å². The molecule has 0 fully saturated rings. The predicted molar refractivity (Wildman–Crippen MR) is 115 cm³/mol. The zero-order valence-corrected chi connectivity index (χ0v) is 17.3. The van der Waals surface area contributed by atoms with Crippen molar-refractivity contribution in [1.29, 1.82) is 0 Å². The fourth-order valence-corrected chi connectivity index (χ4v) is 4.34. The molecule has 0 atom stereocenters. The van der Waals surface area contributed by atoms with Crippen LogP contribution in [0.25, 0.3) is 33.0 Å². The number of H-pyrrole nitrogens is 1. The van der Waals surface area contributed by atoms with Crippen LogP contribution < -0.4 is 11.1 Å². The number of carbonyl (C=O) groups excluding carboxylic acids is 2. The second-order valence-corrected chi connectivity index (χ2v) is 7.82. The van der Waals surface area contributed by atoms with Crippen LogP contribution in [-0.2, 0) is 0 Å². The van der Waals surface area contributed by atoms with E-state index in [1.165, 1.54) is 18.6 Å². The number of furan rings is 2. The smallest absolute Gasteiger partial charge is 0.280 e. The summed E-state index contributed by atoms with van der Waals surface area (Å²) in [4.78, 5) is 29.1. The molecule has 0 saturated heterocycles. The summed E-state index contributed by atoms with van der Waals surface area (Å²) in [6.45, 7) is 0. The van der Waals surface area contributed by atoms with Crippen molar-refractivity contribution in [3.05, 3.63) is 65.2 Å². The lowest BCUT2D eigenvalue weighted by molar-refractivity contribution is 0.100. The van der Waals surface area contributed by atoms with E-state index in [-0.39, 0.29) is 37.8 Å². The third-order valence-electron chi connectivity index (χ3n) is 4.75. The van der Waals surface area contributed by atoms with Crippen LogP contribution in [0.3, 0.4) is 0 Å². The average Bonchev–Trinajstić information content (AvgIpc) is 3.59. The summed E-state index contributed by atoms with van der Waals surface area (Å²) in [6, 6.07) is 9.15. The van der Waals surface area contributed by atoms with E-state index in [9.17, 15) is 18.4 Å². The van der Waals surface area contributed by atoms with E-state index in [0.717, 1.165) is 17.4 Å². The molecule has 0 aromatic carbocycles. The molecule has 0 unspecified atom stereocenters. The number of carbonyl (C=O) groups is 2. The van der Waals surface area contributed by atoms with Crippen molar-refractivity contribution in [2.75, 3.05) is 5.32 Å². The number of nitrogens with zero attached hydrogens (tertiary/aromatic N) is 2. The Bertz CT molecular complexity index is 1470. The van der Waals surface area contributed by atoms with Gasteiger partial charge in [-0.15, -0.1) is 11.3 Å². The zero-order chi connectivity index (χ0) is 23.1. The normalized spacial score (nSPS) is 11.4. The number of primary amides is 1. The number of aromatic amines is 1. The van der Waals surface area contributed by atoms with Crippen molar-refractivity contribution >= 4 is 39.1 Å². The highest BCUT2D eigenvalue weighted by molar-refractivity contribution is 7.21. The van der Waals surface area contributed by atoms with E-state index in [4.69, 9.17) is 14.6 Å². The van der Waals surface area contributed by atoms with Crippen LogP contribution in [0.4, 0.5) is 14.5 Å². The van der Waals surface area contributed by atoms with E-state index in [0.29, 0.717) is 11.5 Å². The van der Waals surface area contributed by atoms with Gasteiger partial charge in [0.1, 0.15) is 26.9 Å². The van der Waals surface area contributed by atoms with Gasteiger partial charge < -0.3 is 19.9 Å². The molecule has 12 heteroatoms. The number of hydrogen-bond donors (Lipinski definition) is 3. The molecule has 0 spiro atoms. The summed E-state index contributed by atoms with van der Waals surface area (Å²) in [5.41, 5.74) is 5.76. The first kappa shape index (κ1) is 20.6. The third-order valence-corrected chi connectivity index (χ3v) is 5.85. The Kier molecular flexibility index (Phi) is 4.98. The number of anilines is 1. The lowest BCUT2D eigenvalue weighted by atomic mass is 10.1. The van der Waals surface area contributed by atoms with Gasteiger partial charge in [-0.2, -0.15) is 5.10 Å². The van der Waals surface area contributed by atoms with E-state index in [2.05, 4.69) is 20.5 Å². The number of hydrogen-bond acceptors (Lipinski definition) is 7. The van der Waals surface area contributed by atoms with Gasteiger partial charge in [-0.05, 0) is 30.3 Å². The van der Waals surface area contributed by atoms with Crippen LogP contribution in [0.2, 0.25) is 0 Å². The quantitative estimate of drug-likeness (QED) is 0.325. The van der Waals surface area contributed by atoms with E-state index in [1.807, 2.05) is 0 Å². The molecule has 0 radical (unpaired) electrons. The number of nitrogens with two attached hydrogens (primary N) is 1. The molecule has 9 nitrogen and oxygen atoms in total. The molecule has 2 amide bonds. The Labute approximate surface area is 187 Å². The van der Waals surface area contributed by atoms with E-state index >= 15 is 0 Å². The van der Waals surface area contributed by atoms with E-state index < -0.39 is 23.9 Å². The largest absolute Gasteiger partial charge is 0.464 e. The molecule has 5 heterocycles. The minimum absolute atomic E-state index is 0.00730. The van der Waals surface area contributed by atoms with Gasteiger partial charge in [-0.25, -0.2) is 13.8 Å². The first-order valence-electron chi connectivity index (χ1n) is 9.42. The molecule has 4 N–H and O–H groups in total. The molecule has 0 aliphatic heterocycles. The van der Waals surface area contributed by atoms with Gasteiger partial charge in [0.15, 0.2) is 11.5 Å². The average molecular weight is 469 g/mol. The van der Waals surface area contributed by atoms with Gasteiger partial charge in [0.05, 0.1) is 18.2 Å². The fourth-order valence-electron chi connectivity index (χ4n) is 3.32. The number of nitrogens with one attached hydrogen (secondary N) is 2. The highest BCUT2D eigenvalue weighted by Crippen LogP contribution is 2.42. The number of amides is 2. The molecule has 0 bridgehead atoms. The summed E-state index contributed by atoms with van der Waals surface area (Å²) in [6.07, 6.45) is -0.00339. The molecule has 5 aromatic heterocycles. The standard InChI is InChI=1S/C21H13F2N5O4S/c22-18(23)11-7-9(13-3-1-5-31-13)15-16(17(19(24)29)33-21(15)25-11)26-20(30)12-8-10(27-28-12)14-4-2-6-32-14/h1-8,18H,(H2,24,29)(H,26,30)(H,27,28). The van der Waals surface area contributed by atoms with Gasteiger partial charge in [0, 0.05) is 17.0 Å². The van der Waals surface area contributed by atoms with Gasteiger partial charge in [-0.3, -0.25) is 14.7 Å². The summed E-state index contributed by atoms with van der Waals surface area (Å²) in [7, 11) is 0. The monoisotopic (exact) mass is 469 g/mol. The first-order chi connectivity index (χ1) is 15.9. The number of halogens is 2. The summed E-state index contributed by atoms with van der Waals surface area (Å²) in [5.74, 6) is -0.775. The number of fused-ring (bicyclic) bond motifs is 1. The van der Waals surface area contributed by atoms with Gasteiger partial charge in [-0.1, -0.05) is 0 Å². The number of rotatable bonds is 6. The Morgan fingerprint density at radius 1 is 1.12 bits per heavy atom. The minimum atomic E-state index is -2.86. The SMILES string of the molecule is NC(=O)c1sc2nc(C(F)F)cc(-c3ccco3)c2c1NC(=O)c1cc(-c2ccco2)[nH]n1. The van der Waals surface area contributed by atoms with Crippen molar-refractivity contribution in [3.8, 4) is 22.8 Å². The topological polar surface area (TPSA) is 140 Å². The number of thiophene rings is 1. The fraction of sp³-hybridized carbons (Fsp3) is 0.0476. The van der Waals surface area contributed by atoms with Crippen molar-refractivity contribution in [2.45, 2.75) is 6.43 Å².